The highest BCUT2D eigenvalue weighted by Gasteiger charge is 2.09. The molecule has 0 radical (unpaired) electrons. The third kappa shape index (κ3) is 3.29. The van der Waals surface area contributed by atoms with Gasteiger partial charge >= 0.3 is 0 Å². The highest BCUT2D eigenvalue weighted by atomic mass is 35.5. The average Bonchev–Trinajstić information content (AvgIpc) is 2.46. The number of aromatic nitrogens is 1. The summed E-state index contributed by atoms with van der Waals surface area (Å²) in [7, 11) is 3.18. The molecule has 0 aliphatic carbocycles. The molecule has 1 N–H and O–H groups in total. The lowest BCUT2D eigenvalue weighted by Crippen LogP contribution is -2.03. The van der Waals surface area contributed by atoms with Crippen LogP contribution in [0.4, 0.5) is 5.69 Å². The second-order valence-corrected chi connectivity index (χ2v) is 4.27. The summed E-state index contributed by atoms with van der Waals surface area (Å²) in [6.07, 6.45) is 1.76. The van der Waals surface area contributed by atoms with E-state index in [0.717, 1.165) is 11.4 Å². The van der Waals surface area contributed by atoms with Crippen molar-refractivity contribution in [1.29, 1.82) is 0 Å². The number of rotatable bonds is 5. The van der Waals surface area contributed by atoms with Crippen LogP contribution < -0.4 is 14.8 Å². The number of anilines is 1. The Bertz CT molecular complexity index is 547. The lowest BCUT2D eigenvalue weighted by molar-refractivity contribution is 0.395. The van der Waals surface area contributed by atoms with Gasteiger partial charge in [0.05, 0.1) is 37.2 Å². The van der Waals surface area contributed by atoms with E-state index in [1.165, 1.54) is 0 Å². The van der Waals surface area contributed by atoms with Gasteiger partial charge in [0.2, 0.25) is 0 Å². The Kier molecular flexibility index (Phi) is 4.47. The molecule has 1 heterocycles. The molecule has 100 valence electrons. The Labute approximate surface area is 117 Å². The van der Waals surface area contributed by atoms with E-state index in [4.69, 9.17) is 21.1 Å². The van der Waals surface area contributed by atoms with Crippen LogP contribution in [0.2, 0.25) is 5.02 Å². The van der Waals surface area contributed by atoms with Gasteiger partial charge < -0.3 is 14.8 Å². The van der Waals surface area contributed by atoms with E-state index in [2.05, 4.69) is 10.3 Å². The first-order chi connectivity index (χ1) is 9.24. The van der Waals surface area contributed by atoms with Crippen LogP contribution in [0.15, 0.2) is 36.5 Å². The highest BCUT2D eigenvalue weighted by Crippen LogP contribution is 2.35. The minimum atomic E-state index is 0.534. The summed E-state index contributed by atoms with van der Waals surface area (Å²) in [5, 5.41) is 3.78. The van der Waals surface area contributed by atoms with Crippen molar-refractivity contribution in [1.82, 2.24) is 4.98 Å². The van der Waals surface area contributed by atoms with Crippen molar-refractivity contribution in [3.63, 3.8) is 0 Å². The highest BCUT2D eigenvalue weighted by molar-refractivity contribution is 6.32. The molecule has 0 bridgehead atoms. The molecular formula is C14H15ClN2O2. The molecule has 0 fully saturated rings. The average molecular weight is 279 g/mol. The molecule has 0 saturated carbocycles. The van der Waals surface area contributed by atoms with Crippen LogP contribution in [0.5, 0.6) is 11.5 Å². The molecule has 0 atom stereocenters. The lowest BCUT2D eigenvalue weighted by atomic mass is 10.2. The summed E-state index contributed by atoms with van der Waals surface area (Å²) >= 11 is 6.10. The Hall–Kier alpha value is -1.94. The van der Waals surface area contributed by atoms with Crippen LogP contribution in [0, 0.1) is 0 Å². The molecule has 1 aromatic heterocycles. The molecule has 0 saturated heterocycles. The third-order valence-corrected chi connectivity index (χ3v) is 2.96. The van der Waals surface area contributed by atoms with Crippen molar-refractivity contribution < 1.29 is 9.47 Å². The maximum atomic E-state index is 6.10. The molecule has 0 amide bonds. The number of hydrogen-bond acceptors (Lipinski definition) is 4. The van der Waals surface area contributed by atoms with Gasteiger partial charge in [0.1, 0.15) is 11.5 Å². The third-order valence-electron chi connectivity index (χ3n) is 2.66. The number of ether oxygens (including phenoxy) is 2. The first-order valence-electron chi connectivity index (χ1n) is 5.80. The Morgan fingerprint density at radius 1 is 1.16 bits per heavy atom. The summed E-state index contributed by atoms with van der Waals surface area (Å²) in [5.74, 6) is 1.26. The van der Waals surface area contributed by atoms with E-state index >= 15 is 0 Å². The van der Waals surface area contributed by atoms with Crippen LogP contribution in [-0.2, 0) is 6.54 Å². The fourth-order valence-corrected chi connectivity index (χ4v) is 1.93. The first kappa shape index (κ1) is 13.5. The van der Waals surface area contributed by atoms with Gasteiger partial charge in [0, 0.05) is 12.3 Å². The van der Waals surface area contributed by atoms with E-state index in [0.29, 0.717) is 23.1 Å². The van der Waals surface area contributed by atoms with E-state index in [1.54, 1.807) is 32.5 Å². The minimum Gasteiger partial charge on any atom is -0.495 e. The van der Waals surface area contributed by atoms with Crippen molar-refractivity contribution in [2.75, 3.05) is 19.5 Å². The monoisotopic (exact) mass is 278 g/mol. The fraction of sp³-hybridized carbons (Fsp3) is 0.214. The van der Waals surface area contributed by atoms with Crippen LogP contribution in [0.3, 0.4) is 0 Å². The maximum Gasteiger partial charge on any atom is 0.145 e. The summed E-state index contributed by atoms with van der Waals surface area (Å²) in [5.41, 5.74) is 1.75. The van der Waals surface area contributed by atoms with E-state index < -0.39 is 0 Å². The normalized spacial score (nSPS) is 10.1. The van der Waals surface area contributed by atoms with Gasteiger partial charge in [-0.1, -0.05) is 17.7 Å². The summed E-state index contributed by atoms with van der Waals surface area (Å²) < 4.78 is 10.5. The molecule has 19 heavy (non-hydrogen) atoms. The molecule has 2 aromatic rings. The van der Waals surface area contributed by atoms with E-state index in [9.17, 15) is 0 Å². The van der Waals surface area contributed by atoms with Gasteiger partial charge in [0.15, 0.2) is 0 Å². The fourth-order valence-electron chi connectivity index (χ4n) is 1.69. The van der Waals surface area contributed by atoms with Gasteiger partial charge in [-0.2, -0.15) is 0 Å². The molecule has 4 nitrogen and oxygen atoms in total. The van der Waals surface area contributed by atoms with Crippen molar-refractivity contribution >= 4 is 17.3 Å². The summed E-state index contributed by atoms with van der Waals surface area (Å²) in [6.45, 7) is 0.597. The number of pyridine rings is 1. The Balaban J connectivity index is 2.18. The van der Waals surface area contributed by atoms with E-state index in [1.807, 2.05) is 18.2 Å². The zero-order valence-corrected chi connectivity index (χ0v) is 11.6. The number of benzene rings is 1. The molecule has 0 aliphatic heterocycles. The van der Waals surface area contributed by atoms with Crippen LogP contribution in [0.25, 0.3) is 0 Å². The second-order valence-electron chi connectivity index (χ2n) is 3.86. The van der Waals surface area contributed by atoms with Crippen LogP contribution in [-0.4, -0.2) is 19.2 Å². The summed E-state index contributed by atoms with van der Waals surface area (Å²) in [4.78, 5) is 4.24. The zero-order chi connectivity index (χ0) is 13.7. The zero-order valence-electron chi connectivity index (χ0n) is 10.8. The molecule has 5 heteroatoms. The SMILES string of the molecule is COc1cc(OC)c(NCc2ccccn2)cc1Cl. The molecular weight excluding hydrogens is 264 g/mol. The predicted octanol–water partition coefficient (Wildman–Crippen LogP) is 3.36. The molecule has 1 aromatic carbocycles. The van der Waals surface area contributed by atoms with Crippen LogP contribution >= 0.6 is 11.6 Å². The molecule has 2 rings (SSSR count). The standard InChI is InChI=1S/C14H15ClN2O2/c1-18-13-8-14(19-2)12(7-11(13)15)17-9-10-5-3-4-6-16-10/h3-8,17H,9H2,1-2H3. The number of nitrogens with one attached hydrogen (secondary N) is 1. The molecule has 0 aliphatic rings. The maximum absolute atomic E-state index is 6.10. The van der Waals surface area contributed by atoms with Crippen molar-refractivity contribution in [3.8, 4) is 11.5 Å². The number of methoxy groups -OCH3 is 2. The predicted molar refractivity (Wildman–Crippen MR) is 76.1 cm³/mol. The van der Waals surface area contributed by atoms with Gasteiger partial charge in [-0.05, 0) is 18.2 Å². The van der Waals surface area contributed by atoms with Crippen molar-refractivity contribution in [3.05, 3.63) is 47.2 Å². The Morgan fingerprint density at radius 3 is 2.58 bits per heavy atom. The molecule has 0 spiro atoms. The quantitative estimate of drug-likeness (QED) is 0.911. The first-order valence-corrected chi connectivity index (χ1v) is 6.17. The Morgan fingerprint density at radius 2 is 1.95 bits per heavy atom. The van der Waals surface area contributed by atoms with Crippen molar-refractivity contribution in [2.45, 2.75) is 6.54 Å². The second kappa shape index (κ2) is 6.29. The van der Waals surface area contributed by atoms with Crippen molar-refractivity contribution in [2.24, 2.45) is 0 Å². The number of hydrogen-bond donors (Lipinski definition) is 1. The molecule has 0 unspecified atom stereocenters. The minimum absolute atomic E-state index is 0.534. The smallest absolute Gasteiger partial charge is 0.145 e. The van der Waals surface area contributed by atoms with E-state index in [-0.39, 0.29) is 0 Å². The van der Waals surface area contributed by atoms with Gasteiger partial charge in [-0.25, -0.2) is 0 Å². The van der Waals surface area contributed by atoms with Gasteiger partial charge in [-0.3, -0.25) is 4.98 Å². The number of nitrogens with zero attached hydrogens (tertiary/aromatic N) is 1. The summed E-state index contributed by atoms with van der Waals surface area (Å²) in [6, 6.07) is 9.31. The largest absolute Gasteiger partial charge is 0.495 e. The van der Waals surface area contributed by atoms with Gasteiger partial charge in [0.25, 0.3) is 0 Å². The van der Waals surface area contributed by atoms with Crippen LogP contribution in [0.1, 0.15) is 5.69 Å². The number of halogens is 1. The lowest BCUT2D eigenvalue weighted by Gasteiger charge is -2.13. The topological polar surface area (TPSA) is 43.4 Å². The van der Waals surface area contributed by atoms with Gasteiger partial charge in [-0.15, -0.1) is 0 Å².